The van der Waals surface area contributed by atoms with Gasteiger partial charge in [-0.25, -0.2) is 0 Å². The SMILES string of the molecule is Cc1ccn(-c2c(-c3ccccc3)cccc2-c2ccccc2)c1-c1ccc2ccccc2[n+]1C. The fourth-order valence-corrected chi connectivity index (χ4v) is 5.13. The highest BCUT2D eigenvalue weighted by Gasteiger charge is 2.23. The molecule has 0 saturated carbocycles. The van der Waals surface area contributed by atoms with Crippen LogP contribution >= 0.6 is 0 Å². The van der Waals surface area contributed by atoms with E-state index in [1.165, 1.54) is 55.8 Å². The monoisotopic (exact) mass is 451 g/mol. The summed E-state index contributed by atoms with van der Waals surface area (Å²) in [6.07, 6.45) is 2.22. The molecule has 2 nitrogen and oxygen atoms in total. The molecule has 6 rings (SSSR count). The van der Waals surface area contributed by atoms with Crippen LogP contribution in [0.2, 0.25) is 0 Å². The third-order valence-electron chi connectivity index (χ3n) is 6.86. The van der Waals surface area contributed by atoms with Crippen LogP contribution in [0.3, 0.4) is 0 Å². The smallest absolute Gasteiger partial charge is 0.230 e. The topological polar surface area (TPSA) is 8.81 Å². The lowest BCUT2D eigenvalue weighted by atomic mass is 9.95. The van der Waals surface area contributed by atoms with Gasteiger partial charge >= 0.3 is 0 Å². The molecular formula is C33H27N2+. The highest BCUT2D eigenvalue weighted by atomic mass is 15.0. The summed E-state index contributed by atoms with van der Waals surface area (Å²) in [5, 5.41) is 1.24. The number of pyridine rings is 1. The first-order valence-electron chi connectivity index (χ1n) is 12.0. The van der Waals surface area contributed by atoms with Crippen molar-refractivity contribution in [3.05, 3.63) is 133 Å². The molecular weight excluding hydrogens is 424 g/mol. The second kappa shape index (κ2) is 8.73. The highest BCUT2D eigenvalue weighted by Crippen LogP contribution is 2.38. The minimum atomic E-state index is 1.19. The number of aromatic nitrogens is 2. The van der Waals surface area contributed by atoms with E-state index in [-0.39, 0.29) is 0 Å². The maximum absolute atomic E-state index is 2.38. The summed E-state index contributed by atoms with van der Waals surface area (Å²) in [4.78, 5) is 0. The maximum atomic E-state index is 2.38. The number of aryl methyl sites for hydroxylation is 2. The molecule has 6 aromatic rings. The van der Waals surface area contributed by atoms with Gasteiger partial charge in [-0.1, -0.05) is 91.0 Å². The molecule has 0 radical (unpaired) electrons. The molecule has 2 aromatic heterocycles. The quantitative estimate of drug-likeness (QED) is 0.242. The lowest BCUT2D eigenvalue weighted by Crippen LogP contribution is -2.32. The Kier molecular flexibility index (Phi) is 5.27. The zero-order valence-electron chi connectivity index (χ0n) is 20.0. The molecule has 0 aliphatic carbocycles. The van der Waals surface area contributed by atoms with E-state index in [2.05, 4.69) is 151 Å². The van der Waals surface area contributed by atoms with Crippen LogP contribution in [-0.2, 0) is 7.05 Å². The van der Waals surface area contributed by atoms with Crippen molar-refractivity contribution < 1.29 is 4.57 Å². The van der Waals surface area contributed by atoms with Gasteiger partial charge in [0.2, 0.25) is 11.2 Å². The molecule has 0 aliphatic rings. The summed E-state index contributed by atoms with van der Waals surface area (Å²) in [5.41, 5.74) is 10.9. The second-order valence-corrected chi connectivity index (χ2v) is 8.99. The van der Waals surface area contributed by atoms with Gasteiger partial charge in [-0.15, -0.1) is 0 Å². The van der Waals surface area contributed by atoms with Crippen molar-refractivity contribution in [2.45, 2.75) is 6.92 Å². The summed E-state index contributed by atoms with van der Waals surface area (Å²) in [6.45, 7) is 2.20. The Hall–Kier alpha value is -4.43. The maximum Gasteiger partial charge on any atom is 0.230 e. The molecule has 35 heavy (non-hydrogen) atoms. The van der Waals surface area contributed by atoms with Gasteiger partial charge in [0.05, 0.1) is 5.69 Å². The summed E-state index contributed by atoms with van der Waals surface area (Å²) in [5.74, 6) is 0. The predicted octanol–water partition coefficient (Wildman–Crippen LogP) is 7.76. The Bertz CT molecular complexity index is 1590. The Balaban J connectivity index is 1.68. The summed E-state index contributed by atoms with van der Waals surface area (Å²) in [6, 6.07) is 43.3. The molecule has 0 N–H and O–H groups in total. The summed E-state index contributed by atoms with van der Waals surface area (Å²) in [7, 11) is 2.16. The number of para-hydroxylation sites is 2. The minimum absolute atomic E-state index is 1.19. The van der Waals surface area contributed by atoms with E-state index < -0.39 is 0 Å². The average molecular weight is 452 g/mol. The zero-order chi connectivity index (χ0) is 23.8. The van der Waals surface area contributed by atoms with Crippen LogP contribution in [0.15, 0.2) is 128 Å². The van der Waals surface area contributed by atoms with E-state index in [0.717, 1.165) is 0 Å². The van der Waals surface area contributed by atoms with Crippen molar-refractivity contribution in [1.29, 1.82) is 0 Å². The first kappa shape index (κ1) is 21.1. The van der Waals surface area contributed by atoms with Gasteiger partial charge in [0.15, 0.2) is 0 Å². The van der Waals surface area contributed by atoms with Gasteiger partial charge in [-0.3, -0.25) is 0 Å². The first-order valence-corrected chi connectivity index (χ1v) is 12.0. The molecule has 2 heteroatoms. The Morgan fingerprint density at radius 2 is 1.17 bits per heavy atom. The molecule has 0 unspecified atom stereocenters. The Morgan fingerprint density at radius 3 is 1.83 bits per heavy atom. The first-order chi connectivity index (χ1) is 17.2. The molecule has 0 aliphatic heterocycles. The fraction of sp³-hybridized carbons (Fsp3) is 0.0606. The van der Waals surface area contributed by atoms with Crippen molar-refractivity contribution in [3.63, 3.8) is 0 Å². The van der Waals surface area contributed by atoms with Crippen LogP contribution in [0.4, 0.5) is 0 Å². The normalized spacial score (nSPS) is 11.1. The van der Waals surface area contributed by atoms with Gasteiger partial charge in [-0.2, -0.15) is 4.57 Å². The zero-order valence-corrected chi connectivity index (χ0v) is 20.0. The van der Waals surface area contributed by atoms with Crippen molar-refractivity contribution in [3.8, 4) is 39.3 Å². The third-order valence-corrected chi connectivity index (χ3v) is 6.86. The van der Waals surface area contributed by atoms with Crippen molar-refractivity contribution >= 4 is 10.9 Å². The molecule has 0 spiro atoms. The van der Waals surface area contributed by atoms with E-state index in [1.54, 1.807) is 0 Å². The van der Waals surface area contributed by atoms with E-state index in [0.29, 0.717) is 0 Å². The Labute approximate surface area is 206 Å². The van der Waals surface area contributed by atoms with Crippen molar-refractivity contribution in [1.82, 2.24) is 4.57 Å². The summed E-state index contributed by atoms with van der Waals surface area (Å²) >= 11 is 0. The van der Waals surface area contributed by atoms with E-state index in [1.807, 2.05) is 0 Å². The van der Waals surface area contributed by atoms with Gasteiger partial charge in [0.25, 0.3) is 0 Å². The van der Waals surface area contributed by atoms with Crippen LogP contribution in [0.25, 0.3) is 50.2 Å². The van der Waals surface area contributed by atoms with Gasteiger partial charge in [0, 0.05) is 34.8 Å². The molecule has 0 amide bonds. The number of benzene rings is 4. The predicted molar refractivity (Wildman–Crippen MR) is 145 cm³/mol. The van der Waals surface area contributed by atoms with Gasteiger partial charge < -0.3 is 4.57 Å². The average Bonchev–Trinajstić information content (AvgIpc) is 3.30. The molecule has 168 valence electrons. The van der Waals surface area contributed by atoms with Crippen molar-refractivity contribution in [2.75, 3.05) is 0 Å². The second-order valence-electron chi connectivity index (χ2n) is 8.99. The standard InChI is InChI=1S/C33H27N2/c1-24-22-23-35(32(24)31-21-20-27-16-9-10-19-30(27)34(31)2)33-28(25-12-5-3-6-13-25)17-11-18-29(33)26-14-7-4-8-15-26/h3-23H,1-2H3/q+1. The fourth-order valence-electron chi connectivity index (χ4n) is 5.13. The molecule has 4 aromatic carbocycles. The summed E-state index contributed by atoms with van der Waals surface area (Å²) < 4.78 is 4.69. The van der Waals surface area contributed by atoms with Crippen LogP contribution < -0.4 is 4.57 Å². The molecule has 0 bridgehead atoms. The number of hydrogen-bond donors (Lipinski definition) is 0. The van der Waals surface area contributed by atoms with E-state index >= 15 is 0 Å². The largest absolute Gasteiger partial charge is 0.310 e. The molecule has 2 heterocycles. The molecule has 0 atom stereocenters. The van der Waals surface area contributed by atoms with Crippen LogP contribution in [0, 0.1) is 6.92 Å². The number of rotatable bonds is 4. The van der Waals surface area contributed by atoms with Crippen LogP contribution in [-0.4, -0.2) is 4.57 Å². The highest BCUT2D eigenvalue weighted by molar-refractivity contribution is 5.87. The number of hydrogen-bond acceptors (Lipinski definition) is 0. The van der Waals surface area contributed by atoms with Crippen LogP contribution in [0.5, 0.6) is 0 Å². The van der Waals surface area contributed by atoms with Crippen molar-refractivity contribution in [2.24, 2.45) is 7.05 Å². The van der Waals surface area contributed by atoms with E-state index in [9.17, 15) is 0 Å². The third kappa shape index (κ3) is 3.64. The number of nitrogens with zero attached hydrogens (tertiary/aromatic N) is 2. The minimum Gasteiger partial charge on any atom is -0.310 e. The Morgan fingerprint density at radius 1 is 0.571 bits per heavy atom. The molecule has 0 fully saturated rings. The van der Waals surface area contributed by atoms with E-state index in [4.69, 9.17) is 0 Å². The lowest BCUT2D eigenvalue weighted by Gasteiger charge is -2.19. The molecule has 0 saturated heterocycles. The van der Waals surface area contributed by atoms with Gasteiger partial charge in [-0.05, 0) is 41.8 Å². The lowest BCUT2D eigenvalue weighted by molar-refractivity contribution is -0.633. The van der Waals surface area contributed by atoms with Gasteiger partial charge in [0.1, 0.15) is 12.7 Å². The van der Waals surface area contributed by atoms with Crippen LogP contribution in [0.1, 0.15) is 5.56 Å². The number of fused-ring (bicyclic) bond motifs is 1.